The van der Waals surface area contributed by atoms with Crippen molar-refractivity contribution in [1.82, 2.24) is 10.5 Å². The van der Waals surface area contributed by atoms with Crippen LogP contribution in [0.5, 0.6) is 0 Å². The van der Waals surface area contributed by atoms with Gasteiger partial charge in [-0.15, -0.1) is 0 Å². The van der Waals surface area contributed by atoms with Gasteiger partial charge in [-0.3, -0.25) is 14.5 Å². The highest BCUT2D eigenvalue weighted by molar-refractivity contribution is 6.02. The van der Waals surface area contributed by atoms with E-state index in [4.69, 9.17) is 9.26 Å². The van der Waals surface area contributed by atoms with Gasteiger partial charge in [0.15, 0.2) is 5.82 Å². The zero-order chi connectivity index (χ0) is 17.8. The number of nitrogens with zero attached hydrogens (tertiary/aromatic N) is 2. The second kappa shape index (κ2) is 5.69. The molecule has 4 atom stereocenters. The number of carbonyl (C=O) groups excluding carboxylic acids is 2. The van der Waals surface area contributed by atoms with Crippen LogP contribution in [0, 0.1) is 24.7 Å². The quantitative estimate of drug-likeness (QED) is 0.816. The number of ether oxygens (including phenoxy) is 1. The topological polar surface area (TPSA) is 84.7 Å². The monoisotopic (exact) mass is 345 g/mol. The van der Waals surface area contributed by atoms with Crippen LogP contribution in [-0.2, 0) is 14.3 Å². The Labute approximate surface area is 146 Å². The first-order valence-electron chi connectivity index (χ1n) is 8.81. The number of hydrogen-bond acceptors (Lipinski definition) is 5. The number of rotatable bonds is 5. The molecule has 7 nitrogen and oxygen atoms in total. The molecule has 2 fully saturated rings. The number of aryl methyl sites for hydroxylation is 1. The smallest absolute Gasteiger partial charge is 0.235 e. The lowest BCUT2D eigenvalue weighted by atomic mass is 9.77. The number of nitrogens with one attached hydrogen (secondary N) is 1. The third kappa shape index (κ3) is 2.49. The Kier molecular flexibility index (Phi) is 3.72. The van der Waals surface area contributed by atoms with Gasteiger partial charge in [0.05, 0.1) is 24.5 Å². The number of amides is 2. The number of anilines is 1. The van der Waals surface area contributed by atoms with Gasteiger partial charge in [0.25, 0.3) is 0 Å². The summed E-state index contributed by atoms with van der Waals surface area (Å²) in [6, 6.07) is 1.73. The summed E-state index contributed by atoms with van der Waals surface area (Å²) in [5.74, 6) is 0.424. The zero-order valence-electron chi connectivity index (χ0n) is 14.7. The van der Waals surface area contributed by atoms with E-state index in [0.29, 0.717) is 30.6 Å². The van der Waals surface area contributed by atoms with Gasteiger partial charge < -0.3 is 14.6 Å². The van der Waals surface area contributed by atoms with E-state index in [1.165, 1.54) is 0 Å². The molecule has 0 unspecified atom stereocenters. The van der Waals surface area contributed by atoms with E-state index in [1.807, 2.05) is 12.2 Å². The molecule has 2 amide bonds. The minimum absolute atomic E-state index is 0.103. The van der Waals surface area contributed by atoms with Crippen molar-refractivity contribution in [2.45, 2.75) is 38.9 Å². The molecular formula is C18H23N3O4. The predicted molar refractivity (Wildman–Crippen MR) is 89.8 cm³/mol. The Morgan fingerprint density at radius 2 is 2.32 bits per heavy atom. The predicted octanol–water partition coefficient (Wildman–Crippen LogP) is 1.43. The molecule has 2 bridgehead atoms. The maximum absolute atomic E-state index is 13.0. The lowest BCUT2D eigenvalue weighted by Crippen LogP contribution is -2.44. The molecule has 0 aromatic carbocycles. The first-order valence-corrected chi connectivity index (χ1v) is 8.81. The van der Waals surface area contributed by atoms with E-state index in [1.54, 1.807) is 17.9 Å². The van der Waals surface area contributed by atoms with Crippen LogP contribution in [0.2, 0.25) is 0 Å². The molecule has 1 aromatic rings. The van der Waals surface area contributed by atoms with Crippen molar-refractivity contribution in [2.75, 3.05) is 18.0 Å². The average molecular weight is 345 g/mol. The molecule has 3 aliphatic heterocycles. The van der Waals surface area contributed by atoms with Gasteiger partial charge in [-0.1, -0.05) is 31.2 Å². The molecule has 7 heteroatoms. The average Bonchev–Trinajstić information content (AvgIpc) is 3.28. The van der Waals surface area contributed by atoms with E-state index in [9.17, 15) is 9.59 Å². The minimum atomic E-state index is -0.728. The molecule has 0 saturated carbocycles. The molecule has 2 saturated heterocycles. The molecule has 0 radical (unpaired) electrons. The zero-order valence-corrected chi connectivity index (χ0v) is 14.7. The van der Waals surface area contributed by atoms with Crippen LogP contribution < -0.4 is 10.2 Å². The molecule has 4 rings (SSSR count). The summed E-state index contributed by atoms with van der Waals surface area (Å²) >= 11 is 0. The van der Waals surface area contributed by atoms with Crippen molar-refractivity contribution in [3.8, 4) is 0 Å². The van der Waals surface area contributed by atoms with Gasteiger partial charge in [0.2, 0.25) is 11.8 Å². The fourth-order valence-corrected chi connectivity index (χ4v) is 4.07. The van der Waals surface area contributed by atoms with Crippen LogP contribution in [-0.4, -0.2) is 41.8 Å². The van der Waals surface area contributed by atoms with Gasteiger partial charge in [0, 0.05) is 12.6 Å². The molecule has 4 heterocycles. The van der Waals surface area contributed by atoms with E-state index in [0.717, 1.165) is 6.42 Å². The molecule has 25 heavy (non-hydrogen) atoms. The maximum atomic E-state index is 13.0. The maximum Gasteiger partial charge on any atom is 0.235 e. The molecule has 1 spiro atoms. The Morgan fingerprint density at radius 1 is 1.52 bits per heavy atom. The summed E-state index contributed by atoms with van der Waals surface area (Å²) in [7, 11) is 0. The molecule has 134 valence electrons. The lowest BCUT2D eigenvalue weighted by molar-refractivity contribution is -0.131. The van der Waals surface area contributed by atoms with Crippen LogP contribution in [0.3, 0.4) is 0 Å². The number of hydrogen-bond donors (Lipinski definition) is 1. The third-order valence-electron chi connectivity index (χ3n) is 5.32. The number of fused-ring (bicyclic) bond motifs is 1. The van der Waals surface area contributed by atoms with Gasteiger partial charge in [-0.25, -0.2) is 0 Å². The highest BCUT2D eigenvalue weighted by atomic mass is 16.5. The Balaban J connectivity index is 1.55. The second-order valence-corrected chi connectivity index (χ2v) is 7.59. The van der Waals surface area contributed by atoms with Crippen molar-refractivity contribution >= 4 is 17.6 Å². The molecule has 3 aliphatic rings. The fourth-order valence-electron chi connectivity index (χ4n) is 4.07. The third-order valence-corrected chi connectivity index (χ3v) is 5.32. The highest BCUT2D eigenvalue weighted by Crippen LogP contribution is 2.52. The van der Waals surface area contributed by atoms with Gasteiger partial charge in [0.1, 0.15) is 11.4 Å². The summed E-state index contributed by atoms with van der Waals surface area (Å²) in [5, 5.41) is 6.91. The summed E-state index contributed by atoms with van der Waals surface area (Å²) in [6.45, 7) is 6.99. The van der Waals surface area contributed by atoms with Crippen LogP contribution in [0.1, 0.15) is 26.0 Å². The largest absolute Gasteiger partial charge is 0.360 e. The van der Waals surface area contributed by atoms with Crippen molar-refractivity contribution in [2.24, 2.45) is 17.8 Å². The van der Waals surface area contributed by atoms with E-state index >= 15 is 0 Å². The summed E-state index contributed by atoms with van der Waals surface area (Å²) in [6.07, 6.45) is 4.43. The molecule has 1 N–H and O–H groups in total. The van der Waals surface area contributed by atoms with E-state index in [2.05, 4.69) is 24.3 Å². The number of aromatic nitrogens is 1. The Bertz CT molecular complexity index is 740. The minimum Gasteiger partial charge on any atom is -0.360 e. The normalized spacial score (nSPS) is 32.7. The highest BCUT2D eigenvalue weighted by Gasteiger charge is 2.67. The van der Waals surface area contributed by atoms with Crippen LogP contribution >= 0.6 is 0 Å². The van der Waals surface area contributed by atoms with Gasteiger partial charge in [-0.05, 0) is 19.3 Å². The molecular weight excluding hydrogens is 322 g/mol. The van der Waals surface area contributed by atoms with Crippen molar-refractivity contribution < 1.29 is 18.8 Å². The van der Waals surface area contributed by atoms with Crippen LogP contribution in [0.25, 0.3) is 0 Å². The second-order valence-electron chi connectivity index (χ2n) is 7.59. The Morgan fingerprint density at radius 3 is 3.00 bits per heavy atom. The van der Waals surface area contributed by atoms with E-state index in [-0.39, 0.29) is 17.9 Å². The SMILES string of the molecule is Cc1cc(N2C[C@]34C=C[C@@H](O3)[C@@H](C(=O)NCCC(C)C)[C@@H]4C2=O)no1. The molecule has 1 aromatic heterocycles. The van der Waals surface area contributed by atoms with E-state index < -0.39 is 17.4 Å². The van der Waals surface area contributed by atoms with Crippen molar-refractivity contribution in [3.63, 3.8) is 0 Å². The van der Waals surface area contributed by atoms with Gasteiger partial charge >= 0.3 is 0 Å². The van der Waals surface area contributed by atoms with Crippen molar-refractivity contribution in [3.05, 3.63) is 24.0 Å². The first-order chi connectivity index (χ1) is 11.9. The first kappa shape index (κ1) is 16.3. The van der Waals surface area contributed by atoms with Gasteiger partial charge in [-0.2, -0.15) is 0 Å². The van der Waals surface area contributed by atoms with Crippen LogP contribution in [0.4, 0.5) is 5.82 Å². The van der Waals surface area contributed by atoms with Crippen molar-refractivity contribution in [1.29, 1.82) is 0 Å². The Hall–Kier alpha value is -2.15. The number of carbonyl (C=O) groups is 2. The molecule has 0 aliphatic carbocycles. The standard InChI is InChI=1S/C18H23N3O4/c1-10(2)5-7-19-16(22)14-12-4-6-18(24-12)9-21(17(23)15(14)18)13-8-11(3)25-20-13/h4,6,8,10,12,14-15H,5,7,9H2,1-3H3,(H,19,22)/t12-,14-,15-,18+/m1/s1. The summed E-state index contributed by atoms with van der Waals surface area (Å²) < 4.78 is 11.2. The summed E-state index contributed by atoms with van der Waals surface area (Å²) in [5.41, 5.74) is -0.728. The van der Waals surface area contributed by atoms with Crippen LogP contribution in [0.15, 0.2) is 22.7 Å². The lowest BCUT2D eigenvalue weighted by Gasteiger charge is -2.23. The summed E-state index contributed by atoms with van der Waals surface area (Å²) in [4.78, 5) is 27.3. The fraction of sp³-hybridized carbons (Fsp3) is 0.611.